The van der Waals surface area contributed by atoms with Gasteiger partial charge in [0.05, 0.1) is 18.6 Å². The number of benzene rings is 3. The predicted octanol–water partition coefficient (Wildman–Crippen LogP) is 3.47. The van der Waals surface area contributed by atoms with Gasteiger partial charge < -0.3 is 15.0 Å². The van der Waals surface area contributed by atoms with Gasteiger partial charge >= 0.3 is 0 Å². The summed E-state index contributed by atoms with van der Waals surface area (Å²) in [7, 11) is -0.861. The molecule has 1 aliphatic rings. The van der Waals surface area contributed by atoms with Crippen LogP contribution in [0.1, 0.15) is 21.5 Å². The molecule has 4 rings (SSSR count). The summed E-state index contributed by atoms with van der Waals surface area (Å²) in [6.45, 7) is 2.06. The largest absolute Gasteiger partial charge is 0.497 e. The van der Waals surface area contributed by atoms with Gasteiger partial charge in [-0.25, -0.2) is 8.42 Å². The third-order valence-corrected chi connectivity index (χ3v) is 7.76. The van der Waals surface area contributed by atoms with Crippen molar-refractivity contribution in [2.75, 3.05) is 37.5 Å². The van der Waals surface area contributed by atoms with Crippen LogP contribution in [-0.4, -0.2) is 51.8 Å². The van der Waals surface area contributed by atoms with E-state index >= 15 is 0 Å². The number of methoxy groups -OCH3 is 1. The van der Waals surface area contributed by atoms with Crippen LogP contribution in [0.5, 0.6) is 5.75 Å². The summed E-state index contributed by atoms with van der Waals surface area (Å²) in [6.07, 6.45) is 0.711. The van der Waals surface area contributed by atoms with Crippen LogP contribution in [0.2, 0.25) is 0 Å². The summed E-state index contributed by atoms with van der Waals surface area (Å²) in [4.78, 5) is 27.5. The Morgan fingerprint density at radius 3 is 2.37 bits per heavy atom. The van der Waals surface area contributed by atoms with Crippen molar-refractivity contribution in [3.63, 3.8) is 0 Å². The number of nitrogens with one attached hydrogen (secondary N) is 1. The Morgan fingerprint density at radius 1 is 1.03 bits per heavy atom. The molecule has 35 heavy (non-hydrogen) atoms. The number of sulfonamides is 1. The average molecular weight is 494 g/mol. The van der Waals surface area contributed by atoms with Gasteiger partial charge in [0.2, 0.25) is 15.9 Å². The standard InChI is InChI=1S/C26H27N3O5S/c1-18-4-12-23(13-5-18)35(32,33)28(2)17-25(30)27-21-9-6-19-14-15-29(24(19)16-21)26(31)20-7-10-22(34-3)11-8-20/h4-13,16H,14-15,17H2,1-3H3,(H,27,30). The number of hydrogen-bond acceptors (Lipinski definition) is 5. The van der Waals surface area contributed by atoms with Gasteiger partial charge in [0, 0.05) is 30.5 Å². The summed E-state index contributed by atoms with van der Waals surface area (Å²) in [5, 5.41) is 2.75. The van der Waals surface area contributed by atoms with Gasteiger partial charge in [-0.05, 0) is 67.4 Å². The van der Waals surface area contributed by atoms with Crippen LogP contribution >= 0.6 is 0 Å². The van der Waals surface area contributed by atoms with Crippen molar-refractivity contribution in [3.8, 4) is 5.75 Å². The highest BCUT2D eigenvalue weighted by molar-refractivity contribution is 7.89. The van der Waals surface area contributed by atoms with Gasteiger partial charge in [-0.15, -0.1) is 0 Å². The van der Waals surface area contributed by atoms with Gasteiger partial charge in [0.15, 0.2) is 0 Å². The maximum Gasteiger partial charge on any atom is 0.258 e. The average Bonchev–Trinajstić information content (AvgIpc) is 3.27. The second-order valence-electron chi connectivity index (χ2n) is 8.40. The normalized spacial score (nSPS) is 13.0. The molecule has 9 heteroatoms. The van der Waals surface area contributed by atoms with E-state index in [2.05, 4.69) is 5.32 Å². The molecule has 8 nitrogen and oxygen atoms in total. The number of ether oxygens (including phenoxy) is 1. The summed E-state index contributed by atoms with van der Waals surface area (Å²) in [6, 6.07) is 18.8. The number of anilines is 2. The second kappa shape index (κ2) is 9.89. The van der Waals surface area contributed by atoms with Crippen LogP contribution in [0.3, 0.4) is 0 Å². The maximum absolute atomic E-state index is 13.1. The number of likely N-dealkylation sites (N-methyl/N-ethyl adjacent to an activating group) is 1. The van der Waals surface area contributed by atoms with Crippen LogP contribution in [0.4, 0.5) is 11.4 Å². The highest BCUT2D eigenvalue weighted by Gasteiger charge is 2.27. The Hall–Kier alpha value is -3.69. The van der Waals surface area contributed by atoms with Crippen molar-refractivity contribution in [2.45, 2.75) is 18.2 Å². The first-order valence-corrected chi connectivity index (χ1v) is 12.5. The number of carbonyl (C=O) groups excluding carboxylic acids is 2. The second-order valence-corrected chi connectivity index (χ2v) is 10.4. The monoisotopic (exact) mass is 493 g/mol. The Morgan fingerprint density at radius 2 is 1.71 bits per heavy atom. The van der Waals surface area contributed by atoms with Crippen molar-refractivity contribution in [1.29, 1.82) is 0 Å². The SMILES string of the molecule is COc1ccc(C(=O)N2CCc3ccc(NC(=O)CN(C)S(=O)(=O)c4ccc(C)cc4)cc32)cc1. The van der Waals surface area contributed by atoms with Crippen molar-refractivity contribution >= 4 is 33.2 Å². The van der Waals surface area contributed by atoms with E-state index in [1.54, 1.807) is 60.5 Å². The third-order valence-electron chi connectivity index (χ3n) is 5.94. The molecule has 0 unspecified atom stereocenters. The molecule has 0 aliphatic carbocycles. The number of hydrogen-bond donors (Lipinski definition) is 1. The lowest BCUT2D eigenvalue weighted by atomic mass is 10.1. The van der Waals surface area contributed by atoms with Crippen LogP contribution in [0, 0.1) is 6.92 Å². The summed E-state index contributed by atoms with van der Waals surface area (Å²) >= 11 is 0. The van der Waals surface area contributed by atoms with Crippen LogP contribution in [-0.2, 0) is 21.2 Å². The first-order valence-electron chi connectivity index (χ1n) is 11.1. The van der Waals surface area contributed by atoms with E-state index in [1.807, 2.05) is 13.0 Å². The Labute approximate surface area is 205 Å². The Bertz CT molecular complexity index is 1350. The first kappa shape index (κ1) is 24.4. The fraction of sp³-hybridized carbons (Fsp3) is 0.231. The van der Waals surface area contributed by atoms with Gasteiger partial charge in [-0.3, -0.25) is 9.59 Å². The molecule has 0 saturated heterocycles. The lowest BCUT2D eigenvalue weighted by molar-refractivity contribution is -0.116. The van der Waals surface area contributed by atoms with Gasteiger partial charge in [0.1, 0.15) is 5.75 Å². The molecular formula is C26H27N3O5S. The molecule has 0 saturated carbocycles. The van der Waals surface area contributed by atoms with Crippen molar-refractivity contribution in [2.24, 2.45) is 0 Å². The maximum atomic E-state index is 13.1. The van der Waals surface area contributed by atoms with E-state index in [-0.39, 0.29) is 17.3 Å². The number of nitrogens with zero attached hydrogens (tertiary/aromatic N) is 2. The molecule has 1 aliphatic heterocycles. The molecule has 3 aromatic carbocycles. The number of rotatable bonds is 7. The number of carbonyl (C=O) groups is 2. The molecule has 182 valence electrons. The zero-order valence-corrected chi connectivity index (χ0v) is 20.6. The third kappa shape index (κ3) is 5.21. The van der Waals surface area contributed by atoms with Gasteiger partial charge in [-0.2, -0.15) is 4.31 Å². The lowest BCUT2D eigenvalue weighted by Gasteiger charge is -2.19. The van der Waals surface area contributed by atoms with Crippen LogP contribution < -0.4 is 15.0 Å². The van der Waals surface area contributed by atoms with Crippen LogP contribution in [0.25, 0.3) is 0 Å². The minimum Gasteiger partial charge on any atom is -0.497 e. The summed E-state index contributed by atoms with van der Waals surface area (Å²) < 4.78 is 31.7. The van der Waals surface area contributed by atoms with Gasteiger partial charge in [0.25, 0.3) is 5.91 Å². The van der Waals surface area contributed by atoms with Crippen LogP contribution in [0.15, 0.2) is 71.6 Å². The van der Waals surface area contributed by atoms with Crippen molar-refractivity contribution in [3.05, 3.63) is 83.4 Å². The molecule has 0 aromatic heterocycles. The minimum atomic E-state index is -3.80. The van der Waals surface area contributed by atoms with E-state index in [4.69, 9.17) is 4.74 Å². The summed E-state index contributed by atoms with van der Waals surface area (Å²) in [5.74, 6) is 0.0516. The van der Waals surface area contributed by atoms with E-state index in [9.17, 15) is 18.0 Å². The number of fused-ring (bicyclic) bond motifs is 1. The van der Waals surface area contributed by atoms with Crippen molar-refractivity contribution < 1.29 is 22.7 Å². The van der Waals surface area contributed by atoms with E-state index in [0.717, 1.165) is 21.1 Å². The molecule has 0 bridgehead atoms. The number of amides is 2. The highest BCUT2D eigenvalue weighted by Crippen LogP contribution is 2.32. The topological polar surface area (TPSA) is 96.0 Å². The fourth-order valence-electron chi connectivity index (χ4n) is 3.94. The molecule has 0 fully saturated rings. The van der Waals surface area contributed by atoms with E-state index in [1.165, 1.54) is 19.2 Å². The minimum absolute atomic E-state index is 0.128. The predicted molar refractivity (Wildman–Crippen MR) is 134 cm³/mol. The quantitative estimate of drug-likeness (QED) is 0.544. The highest BCUT2D eigenvalue weighted by atomic mass is 32.2. The number of aryl methyl sites for hydroxylation is 1. The Kier molecular flexibility index (Phi) is 6.90. The van der Waals surface area contributed by atoms with E-state index in [0.29, 0.717) is 30.0 Å². The molecular weight excluding hydrogens is 466 g/mol. The smallest absolute Gasteiger partial charge is 0.258 e. The zero-order valence-electron chi connectivity index (χ0n) is 19.8. The molecule has 0 radical (unpaired) electrons. The fourth-order valence-corrected chi connectivity index (χ4v) is 5.06. The Balaban J connectivity index is 1.46. The van der Waals surface area contributed by atoms with E-state index < -0.39 is 15.9 Å². The molecule has 2 amide bonds. The lowest BCUT2D eigenvalue weighted by Crippen LogP contribution is -2.35. The molecule has 3 aromatic rings. The first-order chi connectivity index (χ1) is 16.7. The molecule has 1 heterocycles. The zero-order chi connectivity index (χ0) is 25.2. The molecule has 0 spiro atoms. The molecule has 0 atom stereocenters. The summed E-state index contributed by atoms with van der Waals surface area (Å²) in [5.41, 5.74) is 3.70. The van der Waals surface area contributed by atoms with Gasteiger partial charge in [-0.1, -0.05) is 23.8 Å². The van der Waals surface area contributed by atoms with Crippen molar-refractivity contribution in [1.82, 2.24) is 4.31 Å². The molecule has 1 N–H and O–H groups in total.